The Bertz CT molecular complexity index is 1880. The standard InChI is InChI=1S/C21H23N5O.C16H19N3O2/c1-14(15-7-3-2-4-8-15)26-13-16(12-25-26)18(21(23)24)11-19(22)17-9-5-6-10-20(17)27;17-16-15(21-11-6-2-1-3-7-11)10-13(18-19-16)12-8-4-5-9-14(12)20/h2-14,27H,22-24H2,1H3;4-5,8-11,20H,1-3,6-7H2,(H2,17,19)/b19-11-;. The van der Waals surface area contributed by atoms with Crippen molar-refractivity contribution in [3.8, 4) is 28.5 Å². The summed E-state index contributed by atoms with van der Waals surface area (Å²) in [6, 6.07) is 25.7. The summed E-state index contributed by atoms with van der Waals surface area (Å²) < 4.78 is 7.82. The number of hydrogen-bond donors (Lipinski definition) is 6. The van der Waals surface area contributed by atoms with Crippen molar-refractivity contribution in [2.75, 3.05) is 5.73 Å². The minimum atomic E-state index is 0.0553. The summed E-state index contributed by atoms with van der Waals surface area (Å²) in [7, 11) is 0. The molecule has 48 heavy (non-hydrogen) atoms. The van der Waals surface area contributed by atoms with Gasteiger partial charge in [0.15, 0.2) is 11.6 Å². The number of ether oxygens (including phenoxy) is 1. The molecule has 0 spiro atoms. The zero-order valence-corrected chi connectivity index (χ0v) is 26.9. The fourth-order valence-corrected chi connectivity index (χ4v) is 5.52. The van der Waals surface area contributed by atoms with E-state index < -0.39 is 0 Å². The molecule has 248 valence electrons. The summed E-state index contributed by atoms with van der Waals surface area (Å²) in [6.45, 7) is 2.06. The molecule has 10 N–H and O–H groups in total. The van der Waals surface area contributed by atoms with Gasteiger partial charge in [0.05, 0.1) is 18.3 Å². The summed E-state index contributed by atoms with van der Waals surface area (Å²) in [6.07, 6.45) is 11.2. The van der Waals surface area contributed by atoms with Gasteiger partial charge in [-0.05, 0) is 68.5 Å². The predicted octanol–water partition coefficient (Wildman–Crippen LogP) is 5.93. The average molecular weight is 647 g/mol. The van der Waals surface area contributed by atoms with Gasteiger partial charge in [-0.2, -0.15) is 5.10 Å². The highest BCUT2D eigenvalue weighted by Crippen LogP contribution is 2.33. The summed E-state index contributed by atoms with van der Waals surface area (Å²) in [5.74, 6) is 1.23. The second-order valence-corrected chi connectivity index (χ2v) is 11.7. The monoisotopic (exact) mass is 646 g/mol. The quantitative estimate of drug-likeness (QED) is 0.110. The minimum absolute atomic E-state index is 0.0553. The van der Waals surface area contributed by atoms with Gasteiger partial charge in [-0.1, -0.05) is 61.0 Å². The third-order valence-electron chi connectivity index (χ3n) is 8.23. The van der Waals surface area contributed by atoms with Gasteiger partial charge in [-0.3, -0.25) is 4.68 Å². The van der Waals surface area contributed by atoms with Gasteiger partial charge in [0.2, 0.25) is 0 Å². The topological polar surface area (TPSA) is 197 Å². The lowest BCUT2D eigenvalue weighted by atomic mass is 9.98. The van der Waals surface area contributed by atoms with Crippen LogP contribution in [0.25, 0.3) is 22.5 Å². The molecule has 6 rings (SSSR count). The molecule has 1 saturated carbocycles. The minimum Gasteiger partial charge on any atom is -0.507 e. The van der Waals surface area contributed by atoms with Gasteiger partial charge in [0.1, 0.15) is 23.0 Å². The van der Waals surface area contributed by atoms with Gasteiger partial charge < -0.3 is 37.9 Å². The van der Waals surface area contributed by atoms with E-state index in [-0.39, 0.29) is 29.5 Å². The zero-order chi connectivity index (χ0) is 34.0. The van der Waals surface area contributed by atoms with E-state index in [0.29, 0.717) is 39.7 Å². The van der Waals surface area contributed by atoms with Crippen molar-refractivity contribution in [3.05, 3.63) is 126 Å². The maximum absolute atomic E-state index is 9.99. The summed E-state index contributed by atoms with van der Waals surface area (Å²) in [5, 5.41) is 32.3. The lowest BCUT2D eigenvalue weighted by Crippen LogP contribution is -2.20. The van der Waals surface area contributed by atoms with E-state index in [2.05, 4.69) is 34.4 Å². The van der Waals surface area contributed by atoms with E-state index >= 15 is 0 Å². The number of allylic oxidation sites excluding steroid dienone is 2. The largest absolute Gasteiger partial charge is 0.507 e. The number of aromatic nitrogens is 4. The van der Waals surface area contributed by atoms with Crippen molar-refractivity contribution in [2.24, 2.45) is 17.2 Å². The van der Waals surface area contributed by atoms with Gasteiger partial charge >= 0.3 is 0 Å². The number of aromatic hydroxyl groups is 2. The molecular formula is C37H42N8O3. The van der Waals surface area contributed by atoms with Crippen LogP contribution in [0.15, 0.2) is 109 Å². The molecule has 0 amide bonds. The number of benzene rings is 3. The lowest BCUT2D eigenvalue weighted by Gasteiger charge is -2.23. The van der Waals surface area contributed by atoms with Crippen LogP contribution in [0.4, 0.5) is 5.82 Å². The Labute approximate surface area is 280 Å². The smallest absolute Gasteiger partial charge is 0.188 e. The Morgan fingerprint density at radius 2 is 1.54 bits per heavy atom. The van der Waals surface area contributed by atoms with Crippen LogP contribution in [-0.4, -0.2) is 36.3 Å². The first kappa shape index (κ1) is 33.4. The van der Waals surface area contributed by atoms with Gasteiger partial charge in [-0.25, -0.2) is 0 Å². The number of phenols is 2. The van der Waals surface area contributed by atoms with E-state index in [1.165, 1.54) is 19.3 Å². The molecule has 0 aliphatic heterocycles. The highest BCUT2D eigenvalue weighted by atomic mass is 16.5. The maximum Gasteiger partial charge on any atom is 0.188 e. The van der Waals surface area contributed by atoms with Crippen LogP contribution in [0.5, 0.6) is 17.2 Å². The second-order valence-electron chi connectivity index (χ2n) is 11.7. The fraction of sp³-hybridized carbons (Fsp3) is 0.216. The third-order valence-corrected chi connectivity index (χ3v) is 8.23. The molecule has 0 radical (unpaired) electrons. The van der Waals surface area contributed by atoms with Crippen molar-refractivity contribution in [3.63, 3.8) is 0 Å². The van der Waals surface area contributed by atoms with Crippen LogP contribution in [0.3, 0.4) is 0 Å². The Hall–Kier alpha value is -5.97. The van der Waals surface area contributed by atoms with Crippen LogP contribution in [0, 0.1) is 0 Å². The molecule has 11 nitrogen and oxygen atoms in total. The maximum atomic E-state index is 9.99. The molecule has 1 atom stereocenters. The van der Waals surface area contributed by atoms with Crippen LogP contribution >= 0.6 is 0 Å². The highest BCUT2D eigenvalue weighted by molar-refractivity contribution is 5.84. The first-order valence-electron chi connectivity index (χ1n) is 15.9. The molecule has 0 bridgehead atoms. The summed E-state index contributed by atoms with van der Waals surface area (Å²) in [5.41, 5.74) is 28.3. The number of hydrogen-bond acceptors (Lipinski definition) is 10. The molecule has 5 aromatic rings. The molecule has 1 unspecified atom stereocenters. The van der Waals surface area contributed by atoms with Gasteiger partial charge in [0.25, 0.3) is 0 Å². The number of para-hydroxylation sites is 2. The van der Waals surface area contributed by atoms with Crippen LogP contribution < -0.4 is 27.7 Å². The number of nitrogens with zero attached hydrogens (tertiary/aromatic N) is 4. The number of nitrogen functional groups attached to an aromatic ring is 1. The van der Waals surface area contributed by atoms with E-state index in [1.807, 2.05) is 35.1 Å². The predicted molar refractivity (Wildman–Crippen MR) is 189 cm³/mol. The first-order chi connectivity index (χ1) is 23.2. The van der Waals surface area contributed by atoms with Crippen molar-refractivity contribution in [1.29, 1.82) is 0 Å². The van der Waals surface area contributed by atoms with Crippen LogP contribution in [-0.2, 0) is 0 Å². The molecule has 0 saturated heterocycles. The molecule has 3 aromatic carbocycles. The highest BCUT2D eigenvalue weighted by Gasteiger charge is 2.18. The Balaban J connectivity index is 0.000000194. The van der Waals surface area contributed by atoms with Crippen molar-refractivity contribution in [2.45, 2.75) is 51.2 Å². The molecule has 1 aliphatic rings. The number of rotatable bonds is 8. The van der Waals surface area contributed by atoms with E-state index in [1.54, 1.807) is 60.8 Å². The average Bonchev–Trinajstić information content (AvgIpc) is 3.59. The number of phenolic OH excluding ortho intramolecular Hbond substituents is 2. The zero-order valence-electron chi connectivity index (χ0n) is 26.9. The number of nitrogens with two attached hydrogens (primary N) is 4. The first-order valence-corrected chi connectivity index (χ1v) is 15.9. The summed E-state index contributed by atoms with van der Waals surface area (Å²) >= 11 is 0. The van der Waals surface area contributed by atoms with Crippen molar-refractivity contribution >= 4 is 17.1 Å². The molecule has 11 heteroatoms. The third kappa shape index (κ3) is 8.24. The van der Waals surface area contributed by atoms with Crippen molar-refractivity contribution < 1.29 is 14.9 Å². The van der Waals surface area contributed by atoms with Gasteiger partial charge in [0, 0.05) is 40.2 Å². The molecule has 1 aliphatic carbocycles. The molecule has 1 fully saturated rings. The number of anilines is 1. The van der Waals surface area contributed by atoms with Crippen LogP contribution in [0.1, 0.15) is 61.8 Å². The Morgan fingerprint density at radius 1 is 0.875 bits per heavy atom. The SMILES string of the molecule is CC(c1ccccc1)n1cc(C(/C=C(\N)c2ccccc2O)=C(N)N)cn1.Nc1nnc(-c2ccccc2O)cc1OC1CCCCC1. The Kier molecular flexibility index (Phi) is 10.8. The molecule has 2 aromatic heterocycles. The van der Waals surface area contributed by atoms with Crippen LogP contribution in [0.2, 0.25) is 0 Å². The van der Waals surface area contributed by atoms with E-state index in [9.17, 15) is 10.2 Å². The normalized spacial score (nSPS) is 14.0. The van der Waals surface area contributed by atoms with Crippen molar-refractivity contribution in [1.82, 2.24) is 20.0 Å². The Morgan fingerprint density at radius 3 is 2.23 bits per heavy atom. The summed E-state index contributed by atoms with van der Waals surface area (Å²) in [4.78, 5) is 0. The molecular weight excluding hydrogens is 604 g/mol. The molecule has 2 heterocycles. The van der Waals surface area contributed by atoms with E-state index in [0.717, 1.165) is 24.0 Å². The fourth-order valence-electron chi connectivity index (χ4n) is 5.52. The lowest BCUT2D eigenvalue weighted by molar-refractivity contribution is 0.155. The van der Waals surface area contributed by atoms with Gasteiger partial charge in [-0.15, -0.1) is 10.2 Å². The second kappa shape index (κ2) is 15.5. The van der Waals surface area contributed by atoms with E-state index in [4.69, 9.17) is 27.7 Å².